The lowest BCUT2D eigenvalue weighted by molar-refractivity contribution is 0.0445. The fourth-order valence-electron chi connectivity index (χ4n) is 1.61. The summed E-state index contributed by atoms with van der Waals surface area (Å²) in [4.78, 5) is 0. The summed E-state index contributed by atoms with van der Waals surface area (Å²) in [5.41, 5.74) is 0.876. The van der Waals surface area contributed by atoms with E-state index in [0.717, 1.165) is 13.1 Å². The third-order valence-corrected chi connectivity index (χ3v) is 2.66. The third-order valence-electron chi connectivity index (χ3n) is 2.66. The van der Waals surface area contributed by atoms with Crippen molar-refractivity contribution < 1.29 is 14.6 Å². The Bertz CT molecular complexity index is 377. The molecule has 0 aliphatic rings. The molecule has 122 valence electrons. The van der Waals surface area contributed by atoms with E-state index in [4.69, 9.17) is 14.6 Å². The number of hydrogen-bond acceptors (Lipinski definition) is 6. The van der Waals surface area contributed by atoms with Crippen LogP contribution in [0.15, 0.2) is 6.20 Å². The lowest BCUT2D eigenvalue weighted by atomic mass is 9.97. The fourth-order valence-corrected chi connectivity index (χ4v) is 1.61. The maximum Gasteiger partial charge on any atom is 0.108 e. The summed E-state index contributed by atoms with van der Waals surface area (Å²) in [7, 11) is 0. The van der Waals surface area contributed by atoms with Crippen LogP contribution >= 0.6 is 0 Å². The molecule has 21 heavy (non-hydrogen) atoms. The molecule has 0 aromatic carbocycles. The van der Waals surface area contributed by atoms with Gasteiger partial charge in [-0.05, 0) is 5.41 Å². The lowest BCUT2D eigenvalue weighted by Crippen LogP contribution is -2.29. The molecule has 1 aromatic heterocycles. The smallest absolute Gasteiger partial charge is 0.108 e. The van der Waals surface area contributed by atoms with Crippen molar-refractivity contribution in [3.63, 3.8) is 0 Å². The highest BCUT2D eigenvalue weighted by Crippen LogP contribution is 2.09. The summed E-state index contributed by atoms with van der Waals surface area (Å²) < 4.78 is 12.6. The number of nitrogens with zero attached hydrogens (tertiary/aromatic N) is 3. The Hall–Kier alpha value is -1.02. The zero-order valence-corrected chi connectivity index (χ0v) is 13.3. The molecule has 0 atom stereocenters. The van der Waals surface area contributed by atoms with Gasteiger partial charge < -0.3 is 19.9 Å². The summed E-state index contributed by atoms with van der Waals surface area (Å²) in [6.07, 6.45) is 1.71. The van der Waals surface area contributed by atoms with Crippen LogP contribution in [-0.2, 0) is 22.6 Å². The number of hydrogen-bond donors (Lipinski definition) is 2. The second-order valence-electron chi connectivity index (χ2n) is 6.09. The number of rotatable bonds is 11. The molecule has 0 saturated heterocycles. The molecular weight excluding hydrogens is 272 g/mol. The summed E-state index contributed by atoms with van der Waals surface area (Å²) in [5, 5.41) is 19.9. The molecule has 0 fully saturated rings. The van der Waals surface area contributed by atoms with E-state index in [1.807, 2.05) is 0 Å². The molecule has 0 aliphatic carbocycles. The standard InChI is InChI=1S/C14H28N4O3/c1-14(2,3)12-15-4-6-20-8-9-21-7-5-18-10-13(11-19)16-17-18/h10,15,19H,4-9,11-12H2,1-3H3. The van der Waals surface area contributed by atoms with Crippen LogP contribution in [0.4, 0.5) is 0 Å². The van der Waals surface area contributed by atoms with Crippen molar-refractivity contribution in [1.82, 2.24) is 20.3 Å². The van der Waals surface area contributed by atoms with Gasteiger partial charge in [0.15, 0.2) is 0 Å². The second-order valence-corrected chi connectivity index (χ2v) is 6.09. The molecular formula is C14H28N4O3. The second kappa shape index (κ2) is 9.83. The minimum absolute atomic E-state index is 0.0854. The molecule has 1 heterocycles. The van der Waals surface area contributed by atoms with Gasteiger partial charge >= 0.3 is 0 Å². The van der Waals surface area contributed by atoms with E-state index in [0.29, 0.717) is 44.1 Å². The van der Waals surface area contributed by atoms with Crippen molar-refractivity contribution >= 4 is 0 Å². The summed E-state index contributed by atoms with van der Waals surface area (Å²) in [5.74, 6) is 0. The van der Waals surface area contributed by atoms with Crippen LogP contribution < -0.4 is 5.32 Å². The van der Waals surface area contributed by atoms with E-state index in [-0.39, 0.29) is 6.61 Å². The van der Waals surface area contributed by atoms with Crippen molar-refractivity contribution in [2.75, 3.05) is 39.5 Å². The van der Waals surface area contributed by atoms with E-state index in [1.54, 1.807) is 10.9 Å². The quantitative estimate of drug-likeness (QED) is 0.577. The SMILES string of the molecule is CC(C)(C)CNCCOCCOCCn1cc(CO)nn1. The van der Waals surface area contributed by atoms with Crippen LogP contribution in [0, 0.1) is 5.41 Å². The number of aliphatic hydroxyl groups excluding tert-OH is 1. The van der Waals surface area contributed by atoms with Gasteiger partial charge in [-0.25, -0.2) is 4.68 Å². The number of aliphatic hydroxyl groups is 1. The monoisotopic (exact) mass is 300 g/mol. The van der Waals surface area contributed by atoms with Gasteiger partial charge in [0.1, 0.15) is 5.69 Å². The highest BCUT2D eigenvalue weighted by Gasteiger charge is 2.08. The first-order valence-corrected chi connectivity index (χ1v) is 7.37. The highest BCUT2D eigenvalue weighted by atomic mass is 16.5. The average Bonchev–Trinajstić information content (AvgIpc) is 2.87. The molecule has 2 N–H and O–H groups in total. The highest BCUT2D eigenvalue weighted by molar-refractivity contribution is 4.88. The van der Waals surface area contributed by atoms with Crippen molar-refractivity contribution in [3.05, 3.63) is 11.9 Å². The largest absolute Gasteiger partial charge is 0.390 e. The van der Waals surface area contributed by atoms with E-state index < -0.39 is 0 Å². The molecule has 0 spiro atoms. The van der Waals surface area contributed by atoms with Crippen molar-refractivity contribution in [2.24, 2.45) is 5.41 Å². The topological polar surface area (TPSA) is 81.4 Å². The first-order valence-electron chi connectivity index (χ1n) is 7.37. The Kier molecular flexibility index (Phi) is 8.44. The van der Waals surface area contributed by atoms with Crippen LogP contribution in [-0.4, -0.2) is 59.6 Å². The summed E-state index contributed by atoms with van der Waals surface area (Å²) in [6.45, 7) is 11.4. The van der Waals surface area contributed by atoms with Gasteiger partial charge in [0, 0.05) is 13.1 Å². The predicted molar refractivity (Wildman–Crippen MR) is 79.9 cm³/mol. The van der Waals surface area contributed by atoms with Crippen LogP contribution in [0.5, 0.6) is 0 Å². The molecule has 7 heteroatoms. The van der Waals surface area contributed by atoms with Gasteiger partial charge in [-0.15, -0.1) is 5.10 Å². The van der Waals surface area contributed by atoms with E-state index >= 15 is 0 Å². The first kappa shape index (κ1) is 18.0. The maximum atomic E-state index is 8.86. The molecule has 0 radical (unpaired) electrons. The molecule has 0 saturated carbocycles. The zero-order chi connectivity index (χ0) is 15.6. The number of aromatic nitrogens is 3. The Labute approximate surface area is 126 Å². The summed E-state index contributed by atoms with van der Waals surface area (Å²) >= 11 is 0. The average molecular weight is 300 g/mol. The summed E-state index contributed by atoms with van der Waals surface area (Å²) in [6, 6.07) is 0. The van der Waals surface area contributed by atoms with E-state index in [9.17, 15) is 0 Å². The first-order chi connectivity index (χ1) is 10.0. The third kappa shape index (κ3) is 9.52. The van der Waals surface area contributed by atoms with Crippen LogP contribution in [0.2, 0.25) is 0 Å². The Balaban J connectivity index is 1.86. The van der Waals surface area contributed by atoms with Crippen LogP contribution in [0.25, 0.3) is 0 Å². The van der Waals surface area contributed by atoms with Gasteiger partial charge in [0.25, 0.3) is 0 Å². The Morgan fingerprint density at radius 1 is 1.19 bits per heavy atom. The van der Waals surface area contributed by atoms with Gasteiger partial charge in [0.05, 0.1) is 45.8 Å². The lowest BCUT2D eigenvalue weighted by Gasteiger charge is -2.18. The molecule has 1 aromatic rings. The van der Waals surface area contributed by atoms with Gasteiger partial charge in [-0.1, -0.05) is 26.0 Å². The van der Waals surface area contributed by atoms with Crippen LogP contribution in [0.3, 0.4) is 0 Å². The Morgan fingerprint density at radius 2 is 1.90 bits per heavy atom. The van der Waals surface area contributed by atoms with Crippen LogP contribution in [0.1, 0.15) is 26.5 Å². The Morgan fingerprint density at radius 3 is 2.52 bits per heavy atom. The molecule has 7 nitrogen and oxygen atoms in total. The minimum Gasteiger partial charge on any atom is -0.390 e. The fraction of sp³-hybridized carbons (Fsp3) is 0.857. The minimum atomic E-state index is -0.0854. The zero-order valence-electron chi connectivity index (χ0n) is 13.3. The normalized spacial score (nSPS) is 12.0. The predicted octanol–water partition coefficient (Wildman–Crippen LogP) is 0.439. The maximum absolute atomic E-state index is 8.86. The molecule has 0 aliphatic heterocycles. The molecule has 0 unspecified atom stereocenters. The van der Waals surface area contributed by atoms with Crippen molar-refractivity contribution in [3.8, 4) is 0 Å². The molecule has 0 amide bonds. The molecule has 1 rings (SSSR count). The van der Waals surface area contributed by atoms with E-state index in [2.05, 4.69) is 36.4 Å². The van der Waals surface area contributed by atoms with Gasteiger partial charge in [0.2, 0.25) is 0 Å². The number of nitrogens with one attached hydrogen (secondary N) is 1. The number of ether oxygens (including phenoxy) is 2. The molecule has 0 bridgehead atoms. The van der Waals surface area contributed by atoms with Gasteiger partial charge in [-0.2, -0.15) is 0 Å². The van der Waals surface area contributed by atoms with Crippen molar-refractivity contribution in [2.45, 2.75) is 33.9 Å². The van der Waals surface area contributed by atoms with Gasteiger partial charge in [-0.3, -0.25) is 0 Å². The van der Waals surface area contributed by atoms with Crippen molar-refractivity contribution in [1.29, 1.82) is 0 Å². The van der Waals surface area contributed by atoms with E-state index in [1.165, 1.54) is 0 Å².